The number of carbonyl (C=O) groups is 2. The van der Waals surface area contributed by atoms with E-state index in [0.717, 1.165) is 9.87 Å². The number of methoxy groups -OCH3 is 2. The summed E-state index contributed by atoms with van der Waals surface area (Å²) in [6.45, 7) is 3.63. The van der Waals surface area contributed by atoms with Gasteiger partial charge in [0.15, 0.2) is 11.5 Å². The Bertz CT molecular complexity index is 1810. The smallest absolute Gasteiger partial charge is 0.264 e. The highest BCUT2D eigenvalue weighted by Gasteiger charge is 2.35. The van der Waals surface area contributed by atoms with Gasteiger partial charge in [0.1, 0.15) is 12.6 Å². The molecule has 0 spiro atoms. The molecule has 4 rings (SSSR count). The van der Waals surface area contributed by atoms with Gasteiger partial charge < -0.3 is 19.7 Å². The monoisotopic (exact) mass is 711 g/mol. The van der Waals surface area contributed by atoms with Crippen molar-refractivity contribution in [2.24, 2.45) is 5.92 Å². The summed E-state index contributed by atoms with van der Waals surface area (Å²) in [5, 5.41) is 3.68. The van der Waals surface area contributed by atoms with Crippen molar-refractivity contribution in [3.05, 3.63) is 118 Å². The number of hydrogen-bond donors (Lipinski definition) is 1. The van der Waals surface area contributed by atoms with Gasteiger partial charge in [-0.3, -0.25) is 13.9 Å². The second-order valence-electron chi connectivity index (χ2n) is 11.5. The minimum absolute atomic E-state index is 0.0829. The average Bonchev–Trinajstić information content (AvgIpc) is 3.08. The van der Waals surface area contributed by atoms with E-state index in [0.29, 0.717) is 27.9 Å². The molecule has 0 bridgehead atoms. The molecule has 1 N–H and O–H groups in total. The lowest BCUT2D eigenvalue weighted by Crippen LogP contribution is -2.53. The quantitative estimate of drug-likeness (QED) is 0.149. The minimum atomic E-state index is -4.35. The number of sulfonamides is 1. The van der Waals surface area contributed by atoms with Crippen LogP contribution in [-0.2, 0) is 32.6 Å². The fourth-order valence-corrected chi connectivity index (χ4v) is 6.94. The van der Waals surface area contributed by atoms with Crippen LogP contribution in [-0.4, -0.2) is 58.5 Å². The number of hydrogen-bond acceptors (Lipinski definition) is 6. The Labute approximate surface area is 292 Å². The first-order valence-electron chi connectivity index (χ1n) is 15.3. The number of ether oxygens (including phenoxy) is 2. The highest BCUT2D eigenvalue weighted by molar-refractivity contribution is 7.92. The van der Waals surface area contributed by atoms with Crippen LogP contribution < -0.4 is 19.1 Å². The summed E-state index contributed by atoms with van der Waals surface area (Å²) in [6.07, 6.45) is 0.176. The number of halogens is 2. The Morgan fingerprint density at radius 2 is 1.48 bits per heavy atom. The molecule has 254 valence electrons. The third kappa shape index (κ3) is 9.21. The maximum Gasteiger partial charge on any atom is 0.264 e. The number of anilines is 1. The van der Waals surface area contributed by atoms with Gasteiger partial charge in [-0.05, 0) is 53.4 Å². The van der Waals surface area contributed by atoms with Gasteiger partial charge in [-0.15, -0.1) is 0 Å². The van der Waals surface area contributed by atoms with Crippen molar-refractivity contribution in [3.8, 4) is 11.5 Å². The van der Waals surface area contributed by atoms with E-state index in [2.05, 4.69) is 5.32 Å². The average molecular weight is 713 g/mol. The van der Waals surface area contributed by atoms with Crippen molar-refractivity contribution in [1.82, 2.24) is 10.2 Å². The summed E-state index contributed by atoms with van der Waals surface area (Å²) >= 11 is 12.8. The topological polar surface area (TPSA) is 105 Å². The van der Waals surface area contributed by atoms with Crippen molar-refractivity contribution in [3.63, 3.8) is 0 Å². The molecule has 9 nitrogen and oxygen atoms in total. The molecule has 48 heavy (non-hydrogen) atoms. The molecule has 0 heterocycles. The van der Waals surface area contributed by atoms with Crippen molar-refractivity contribution in [2.75, 3.05) is 31.6 Å². The maximum atomic E-state index is 14.6. The van der Waals surface area contributed by atoms with Crippen molar-refractivity contribution in [1.29, 1.82) is 0 Å². The summed E-state index contributed by atoms with van der Waals surface area (Å²) < 4.78 is 40.3. The molecule has 0 aliphatic heterocycles. The van der Waals surface area contributed by atoms with Gasteiger partial charge in [0.25, 0.3) is 10.0 Å². The molecule has 0 saturated heterocycles. The van der Waals surface area contributed by atoms with Crippen LogP contribution in [0.3, 0.4) is 0 Å². The highest BCUT2D eigenvalue weighted by atomic mass is 35.5. The fraction of sp³-hybridized carbons (Fsp3) is 0.278. The van der Waals surface area contributed by atoms with Crippen LogP contribution in [0.5, 0.6) is 11.5 Å². The number of carbonyl (C=O) groups excluding carboxylic acids is 2. The summed E-state index contributed by atoms with van der Waals surface area (Å²) in [5.41, 5.74) is 1.62. The molecule has 0 radical (unpaired) electrons. The number of benzene rings is 4. The third-order valence-electron chi connectivity index (χ3n) is 7.58. The molecular weight excluding hydrogens is 673 g/mol. The van der Waals surface area contributed by atoms with E-state index < -0.39 is 28.5 Å². The van der Waals surface area contributed by atoms with Gasteiger partial charge in [0, 0.05) is 35.6 Å². The molecule has 0 unspecified atom stereocenters. The Kier molecular flexibility index (Phi) is 12.7. The first kappa shape index (κ1) is 36.6. The third-order valence-corrected chi connectivity index (χ3v) is 9.93. The van der Waals surface area contributed by atoms with Gasteiger partial charge in [-0.25, -0.2) is 8.42 Å². The number of nitrogens with zero attached hydrogens (tertiary/aromatic N) is 2. The Morgan fingerprint density at radius 1 is 0.833 bits per heavy atom. The highest BCUT2D eigenvalue weighted by Crippen LogP contribution is 2.33. The Morgan fingerprint density at radius 3 is 2.08 bits per heavy atom. The molecule has 0 saturated carbocycles. The predicted molar refractivity (Wildman–Crippen MR) is 189 cm³/mol. The second-order valence-corrected chi connectivity index (χ2v) is 14.2. The van der Waals surface area contributed by atoms with Crippen LogP contribution in [0, 0.1) is 5.92 Å². The van der Waals surface area contributed by atoms with Crippen LogP contribution in [0.1, 0.15) is 25.0 Å². The Balaban J connectivity index is 1.82. The molecule has 0 fully saturated rings. The van der Waals surface area contributed by atoms with Gasteiger partial charge in [-0.2, -0.15) is 0 Å². The van der Waals surface area contributed by atoms with Crippen LogP contribution in [0.15, 0.2) is 102 Å². The van der Waals surface area contributed by atoms with E-state index in [9.17, 15) is 18.0 Å². The number of rotatable bonds is 15. The largest absolute Gasteiger partial charge is 0.493 e. The van der Waals surface area contributed by atoms with Gasteiger partial charge >= 0.3 is 0 Å². The molecule has 1 atom stereocenters. The molecule has 0 aliphatic rings. The lowest BCUT2D eigenvalue weighted by Gasteiger charge is -2.34. The van der Waals surface area contributed by atoms with E-state index in [-0.39, 0.29) is 41.1 Å². The standard InChI is InChI=1S/C36H39Cl2N3O6S/c1-25(2)22-39-36(43)32(19-26-11-7-5-8-12-26)40(23-27-15-16-28(37)20-31(27)38)35(42)24-41(29-13-9-6-10-14-29)48(44,45)30-17-18-33(46-3)34(21-30)47-4/h5-18,20-21,25,32H,19,22-24H2,1-4H3,(H,39,43)/t32-/m1/s1. The normalized spacial score (nSPS) is 11.9. The predicted octanol–water partition coefficient (Wildman–Crippen LogP) is 6.62. The first-order chi connectivity index (χ1) is 22.9. The summed E-state index contributed by atoms with van der Waals surface area (Å²) in [5.74, 6) is -0.279. The van der Waals surface area contributed by atoms with Crippen molar-refractivity contribution in [2.45, 2.75) is 37.8 Å². The van der Waals surface area contributed by atoms with Crippen LogP contribution in [0.25, 0.3) is 0 Å². The molecule has 12 heteroatoms. The Hall–Kier alpha value is -4.25. The second kappa shape index (κ2) is 16.7. The summed E-state index contributed by atoms with van der Waals surface area (Å²) in [7, 11) is -1.49. The van der Waals surface area contributed by atoms with Gasteiger partial charge in [0.2, 0.25) is 11.8 Å². The van der Waals surface area contributed by atoms with E-state index in [1.165, 1.54) is 37.3 Å². The minimum Gasteiger partial charge on any atom is -0.493 e. The van der Waals surface area contributed by atoms with E-state index in [1.54, 1.807) is 48.5 Å². The molecule has 0 aromatic heterocycles. The maximum absolute atomic E-state index is 14.6. The molecule has 4 aromatic carbocycles. The van der Waals surface area contributed by atoms with E-state index >= 15 is 0 Å². The lowest BCUT2D eigenvalue weighted by atomic mass is 10.0. The zero-order valence-electron chi connectivity index (χ0n) is 27.2. The summed E-state index contributed by atoms with van der Waals surface area (Å²) in [4.78, 5) is 29.8. The van der Waals surface area contributed by atoms with Crippen molar-refractivity contribution >= 4 is 50.7 Å². The van der Waals surface area contributed by atoms with Crippen LogP contribution in [0.4, 0.5) is 5.69 Å². The molecular formula is C36H39Cl2N3O6S. The first-order valence-corrected chi connectivity index (χ1v) is 17.5. The summed E-state index contributed by atoms with van der Waals surface area (Å²) in [6, 6.07) is 25.7. The van der Waals surface area contributed by atoms with Crippen molar-refractivity contribution < 1.29 is 27.5 Å². The lowest BCUT2D eigenvalue weighted by molar-refractivity contribution is -0.140. The van der Waals surface area contributed by atoms with Crippen LogP contribution >= 0.6 is 23.2 Å². The molecule has 0 aliphatic carbocycles. The van der Waals surface area contributed by atoms with Gasteiger partial charge in [-0.1, -0.05) is 91.6 Å². The SMILES string of the molecule is COc1ccc(S(=O)(=O)N(CC(=O)N(Cc2ccc(Cl)cc2Cl)[C@H](Cc2ccccc2)C(=O)NCC(C)C)c2ccccc2)cc1OC. The molecule has 4 aromatic rings. The fourth-order valence-electron chi connectivity index (χ4n) is 5.04. The van der Waals surface area contributed by atoms with E-state index in [1.807, 2.05) is 44.2 Å². The zero-order valence-corrected chi connectivity index (χ0v) is 29.6. The number of amides is 2. The zero-order chi connectivity index (χ0) is 34.8. The van der Waals surface area contributed by atoms with Crippen LogP contribution in [0.2, 0.25) is 10.0 Å². The molecule has 2 amide bonds. The van der Waals surface area contributed by atoms with Gasteiger partial charge in [0.05, 0.1) is 24.8 Å². The number of para-hydroxylation sites is 1. The van der Waals surface area contributed by atoms with E-state index in [4.69, 9.17) is 32.7 Å². The number of nitrogens with one attached hydrogen (secondary N) is 1.